The Morgan fingerprint density at radius 1 is 0.920 bits per heavy atom. The molecule has 132 valence electrons. The second-order valence-corrected chi connectivity index (χ2v) is 5.33. The van der Waals surface area contributed by atoms with Gasteiger partial charge in [-0.3, -0.25) is 9.59 Å². The molecule has 2 N–H and O–H groups in total. The van der Waals surface area contributed by atoms with Gasteiger partial charge in [0.15, 0.2) is 17.5 Å². The fourth-order valence-electron chi connectivity index (χ4n) is 1.92. The first-order valence-corrected chi connectivity index (χ1v) is 7.30. The van der Waals surface area contributed by atoms with Crippen LogP contribution in [0.2, 0.25) is 5.02 Å². The Balaban J connectivity index is 1.92. The molecule has 0 spiro atoms. The quantitative estimate of drug-likeness (QED) is 0.624. The van der Waals surface area contributed by atoms with E-state index in [1.165, 1.54) is 12.1 Å². The molecule has 0 saturated carbocycles. The van der Waals surface area contributed by atoms with Gasteiger partial charge in [-0.15, -0.1) is 0 Å². The Morgan fingerprint density at radius 3 is 2.32 bits per heavy atom. The lowest BCUT2D eigenvalue weighted by atomic mass is 10.1. The van der Waals surface area contributed by atoms with Crippen molar-refractivity contribution in [1.29, 1.82) is 0 Å². The maximum absolute atomic E-state index is 13.6. The van der Waals surface area contributed by atoms with Crippen LogP contribution in [-0.2, 0) is 16.0 Å². The number of amides is 2. The lowest BCUT2D eigenvalue weighted by molar-refractivity contribution is -0.123. The number of halogens is 5. The van der Waals surface area contributed by atoms with Crippen molar-refractivity contribution in [3.63, 3.8) is 0 Å². The first-order valence-electron chi connectivity index (χ1n) is 6.92. The molecule has 2 aromatic rings. The van der Waals surface area contributed by atoms with E-state index in [0.29, 0.717) is 6.07 Å². The summed E-state index contributed by atoms with van der Waals surface area (Å²) in [4.78, 5) is 23.4. The zero-order chi connectivity index (χ0) is 18.6. The molecule has 0 bridgehead atoms. The summed E-state index contributed by atoms with van der Waals surface area (Å²) in [6, 6.07) is 5.40. The topological polar surface area (TPSA) is 58.2 Å². The van der Waals surface area contributed by atoms with Gasteiger partial charge in [-0.2, -0.15) is 0 Å². The Hall–Kier alpha value is -2.61. The van der Waals surface area contributed by atoms with Crippen LogP contribution in [0.4, 0.5) is 23.2 Å². The minimum absolute atomic E-state index is 0.0336. The largest absolute Gasteiger partial charge is 0.347 e. The minimum atomic E-state index is -1.73. The van der Waals surface area contributed by atoms with Gasteiger partial charge in [0.25, 0.3) is 0 Å². The zero-order valence-corrected chi connectivity index (χ0v) is 13.3. The van der Waals surface area contributed by atoms with Gasteiger partial charge >= 0.3 is 0 Å². The summed E-state index contributed by atoms with van der Waals surface area (Å²) in [6.45, 7) is -0.580. The minimum Gasteiger partial charge on any atom is -0.347 e. The smallest absolute Gasteiger partial charge is 0.243 e. The molecular weight excluding hydrogens is 364 g/mol. The van der Waals surface area contributed by atoms with Crippen LogP contribution in [0.25, 0.3) is 0 Å². The van der Waals surface area contributed by atoms with E-state index < -0.39 is 53.7 Å². The van der Waals surface area contributed by atoms with Crippen molar-refractivity contribution in [3.8, 4) is 0 Å². The van der Waals surface area contributed by atoms with Crippen LogP contribution in [-0.4, -0.2) is 18.4 Å². The van der Waals surface area contributed by atoms with E-state index in [0.717, 1.165) is 12.1 Å². The fourth-order valence-corrected chi connectivity index (χ4v) is 2.15. The number of hydrogen-bond acceptors (Lipinski definition) is 2. The van der Waals surface area contributed by atoms with Crippen molar-refractivity contribution in [2.24, 2.45) is 0 Å². The summed E-state index contributed by atoms with van der Waals surface area (Å²) in [5.41, 5.74) is -0.607. The number of rotatable bonds is 5. The number of benzene rings is 2. The standard InChI is InChI=1S/C16H11ClF4N2O2/c17-9-2-1-3-10(18)8(9)6-13(24)22-7-14(25)23-12-5-4-11(19)15(20)16(12)21/h1-5H,6-7H2,(H,22,24)(H,23,25). The third-order valence-electron chi connectivity index (χ3n) is 3.15. The average molecular weight is 375 g/mol. The molecular formula is C16H11ClF4N2O2. The maximum atomic E-state index is 13.6. The summed E-state index contributed by atoms with van der Waals surface area (Å²) in [6.07, 6.45) is -0.404. The molecule has 4 nitrogen and oxygen atoms in total. The van der Waals surface area contributed by atoms with Crippen LogP contribution in [0.3, 0.4) is 0 Å². The second kappa shape index (κ2) is 7.98. The average Bonchev–Trinajstić information content (AvgIpc) is 2.57. The van der Waals surface area contributed by atoms with Crippen molar-refractivity contribution in [2.45, 2.75) is 6.42 Å². The molecule has 0 aliphatic carbocycles. The molecule has 0 fully saturated rings. The maximum Gasteiger partial charge on any atom is 0.243 e. The fraction of sp³-hybridized carbons (Fsp3) is 0.125. The number of nitrogens with one attached hydrogen (secondary N) is 2. The van der Waals surface area contributed by atoms with E-state index in [1.807, 2.05) is 5.32 Å². The highest BCUT2D eigenvalue weighted by Gasteiger charge is 2.16. The molecule has 0 heterocycles. The number of hydrogen-bond donors (Lipinski definition) is 2. The molecule has 9 heteroatoms. The van der Waals surface area contributed by atoms with Crippen LogP contribution in [0.5, 0.6) is 0 Å². The van der Waals surface area contributed by atoms with Crippen molar-refractivity contribution in [3.05, 3.63) is 64.2 Å². The normalized spacial score (nSPS) is 10.4. The summed E-state index contributed by atoms with van der Waals surface area (Å²) >= 11 is 5.78. The van der Waals surface area contributed by atoms with Gasteiger partial charge in [-0.1, -0.05) is 17.7 Å². The van der Waals surface area contributed by atoms with Gasteiger partial charge < -0.3 is 10.6 Å². The Kier molecular flexibility index (Phi) is 5.97. The summed E-state index contributed by atoms with van der Waals surface area (Å²) in [5.74, 6) is -6.93. The van der Waals surface area contributed by atoms with Gasteiger partial charge in [0, 0.05) is 10.6 Å². The van der Waals surface area contributed by atoms with Crippen LogP contribution in [0, 0.1) is 23.3 Å². The van der Waals surface area contributed by atoms with E-state index in [4.69, 9.17) is 11.6 Å². The third kappa shape index (κ3) is 4.69. The predicted octanol–water partition coefficient (Wildman–Crippen LogP) is 3.19. The molecule has 2 rings (SSSR count). The molecule has 0 aromatic heterocycles. The summed E-state index contributed by atoms with van der Waals surface area (Å²) in [5, 5.41) is 4.23. The molecule has 2 aromatic carbocycles. The van der Waals surface area contributed by atoms with Crippen molar-refractivity contribution < 1.29 is 27.2 Å². The van der Waals surface area contributed by atoms with Gasteiger partial charge in [-0.25, -0.2) is 17.6 Å². The second-order valence-electron chi connectivity index (χ2n) is 4.92. The van der Waals surface area contributed by atoms with Crippen LogP contribution in [0.15, 0.2) is 30.3 Å². The molecule has 0 unspecified atom stereocenters. The van der Waals surface area contributed by atoms with Gasteiger partial charge in [0.1, 0.15) is 5.82 Å². The van der Waals surface area contributed by atoms with E-state index in [9.17, 15) is 27.2 Å². The van der Waals surface area contributed by atoms with Gasteiger partial charge in [0.2, 0.25) is 11.8 Å². The monoisotopic (exact) mass is 374 g/mol. The Bertz CT molecular complexity index is 810. The molecule has 0 aliphatic heterocycles. The summed E-state index contributed by atoms with van der Waals surface area (Å²) < 4.78 is 52.8. The lowest BCUT2D eigenvalue weighted by Crippen LogP contribution is -2.34. The molecule has 0 saturated heterocycles. The van der Waals surface area contributed by atoms with E-state index in [1.54, 1.807) is 0 Å². The van der Waals surface area contributed by atoms with Crippen LogP contribution in [0.1, 0.15) is 5.56 Å². The molecule has 0 atom stereocenters. The highest BCUT2D eigenvalue weighted by molar-refractivity contribution is 6.31. The Morgan fingerprint density at radius 2 is 1.64 bits per heavy atom. The molecule has 0 radical (unpaired) electrons. The highest BCUT2D eigenvalue weighted by atomic mass is 35.5. The molecule has 25 heavy (non-hydrogen) atoms. The molecule has 2 amide bonds. The van der Waals surface area contributed by atoms with Crippen LogP contribution < -0.4 is 10.6 Å². The third-order valence-corrected chi connectivity index (χ3v) is 3.51. The van der Waals surface area contributed by atoms with Crippen LogP contribution >= 0.6 is 11.6 Å². The van der Waals surface area contributed by atoms with Crippen molar-refractivity contribution in [1.82, 2.24) is 5.32 Å². The van der Waals surface area contributed by atoms with E-state index in [-0.39, 0.29) is 10.6 Å². The number of carbonyl (C=O) groups excluding carboxylic acids is 2. The van der Waals surface area contributed by atoms with E-state index in [2.05, 4.69) is 5.32 Å². The summed E-state index contributed by atoms with van der Waals surface area (Å²) in [7, 11) is 0. The first-order chi connectivity index (χ1) is 11.8. The number of anilines is 1. The predicted molar refractivity (Wildman–Crippen MR) is 83.1 cm³/mol. The SMILES string of the molecule is O=C(Cc1c(F)cccc1Cl)NCC(=O)Nc1ccc(F)c(F)c1F. The highest BCUT2D eigenvalue weighted by Crippen LogP contribution is 2.20. The number of carbonyl (C=O) groups is 2. The molecule has 0 aliphatic rings. The lowest BCUT2D eigenvalue weighted by Gasteiger charge is -2.09. The van der Waals surface area contributed by atoms with Crippen molar-refractivity contribution in [2.75, 3.05) is 11.9 Å². The van der Waals surface area contributed by atoms with E-state index >= 15 is 0 Å². The van der Waals surface area contributed by atoms with Gasteiger partial charge in [0.05, 0.1) is 18.7 Å². The van der Waals surface area contributed by atoms with Gasteiger partial charge in [-0.05, 0) is 24.3 Å². The van der Waals surface area contributed by atoms with Crippen molar-refractivity contribution >= 4 is 29.1 Å². The Labute approximate surface area is 144 Å². The first kappa shape index (κ1) is 18.7. The zero-order valence-electron chi connectivity index (χ0n) is 12.5.